The van der Waals surface area contributed by atoms with Crippen molar-refractivity contribution in [2.45, 2.75) is 26.2 Å². The third-order valence-electron chi connectivity index (χ3n) is 3.67. The number of aryl methyl sites for hydroxylation is 1. The number of nitrogens with zero attached hydrogens (tertiary/aromatic N) is 2. The summed E-state index contributed by atoms with van der Waals surface area (Å²) in [5.41, 5.74) is 2.30. The van der Waals surface area contributed by atoms with Crippen molar-refractivity contribution in [3.8, 4) is 5.82 Å². The number of ether oxygens (including phenoxy) is 1. The number of para-hydroxylation sites is 1. The molecule has 1 aromatic carbocycles. The smallest absolute Gasteiger partial charge is 0.305 e. The van der Waals surface area contributed by atoms with Gasteiger partial charge in [-0.05, 0) is 25.8 Å². The van der Waals surface area contributed by atoms with Gasteiger partial charge in [-0.25, -0.2) is 4.98 Å². The molecule has 114 valence electrons. The van der Waals surface area contributed by atoms with Gasteiger partial charge in [0.15, 0.2) is 0 Å². The number of carbonyl (C=O) groups excluding carboxylic acids is 1. The maximum atomic E-state index is 11.5. The zero-order valence-corrected chi connectivity index (χ0v) is 12.6. The number of H-pyrrole nitrogens is 1. The number of carbonyl (C=O) groups is 1. The van der Waals surface area contributed by atoms with Crippen molar-refractivity contribution >= 4 is 16.9 Å². The van der Waals surface area contributed by atoms with Crippen molar-refractivity contribution in [3.05, 3.63) is 48.5 Å². The molecule has 2 heterocycles. The number of hydrogen-bond donors (Lipinski definition) is 1. The zero-order chi connectivity index (χ0) is 15.4. The summed E-state index contributed by atoms with van der Waals surface area (Å²) in [5, 5.41) is 1.19. The molecule has 0 atom stereocenters. The number of imidazole rings is 1. The zero-order valence-electron chi connectivity index (χ0n) is 12.6. The van der Waals surface area contributed by atoms with E-state index in [0.29, 0.717) is 13.0 Å². The van der Waals surface area contributed by atoms with Crippen LogP contribution in [0.5, 0.6) is 0 Å². The molecule has 0 spiro atoms. The van der Waals surface area contributed by atoms with Gasteiger partial charge in [-0.2, -0.15) is 0 Å². The SMILES string of the molecule is CCOC(=O)CCCc1c(-n2ccnc2)[nH]c2ccccc12. The molecule has 0 fully saturated rings. The van der Waals surface area contributed by atoms with E-state index in [0.717, 1.165) is 24.2 Å². The Bertz CT molecular complexity index is 759. The predicted octanol–water partition coefficient (Wildman–Crippen LogP) is 3.24. The van der Waals surface area contributed by atoms with Crippen LogP contribution in [-0.2, 0) is 16.0 Å². The van der Waals surface area contributed by atoms with E-state index >= 15 is 0 Å². The maximum Gasteiger partial charge on any atom is 0.305 e. The molecule has 0 aliphatic heterocycles. The minimum Gasteiger partial charge on any atom is -0.466 e. The maximum absolute atomic E-state index is 11.5. The second-order valence-corrected chi connectivity index (χ2v) is 5.13. The lowest BCUT2D eigenvalue weighted by molar-refractivity contribution is -0.143. The summed E-state index contributed by atoms with van der Waals surface area (Å²) < 4.78 is 6.96. The van der Waals surface area contributed by atoms with Gasteiger partial charge in [-0.1, -0.05) is 18.2 Å². The van der Waals surface area contributed by atoms with Gasteiger partial charge in [-0.3, -0.25) is 9.36 Å². The van der Waals surface area contributed by atoms with Crippen LogP contribution in [0, 0.1) is 0 Å². The highest BCUT2D eigenvalue weighted by Gasteiger charge is 2.13. The van der Waals surface area contributed by atoms with Crippen molar-refractivity contribution in [2.24, 2.45) is 0 Å². The summed E-state index contributed by atoms with van der Waals surface area (Å²) in [7, 11) is 0. The van der Waals surface area contributed by atoms with Crippen molar-refractivity contribution in [1.29, 1.82) is 0 Å². The summed E-state index contributed by atoms with van der Waals surface area (Å²) in [6.07, 6.45) is 7.47. The van der Waals surface area contributed by atoms with Gasteiger partial charge < -0.3 is 9.72 Å². The second-order valence-electron chi connectivity index (χ2n) is 5.13. The summed E-state index contributed by atoms with van der Waals surface area (Å²) in [6, 6.07) is 8.21. The minimum atomic E-state index is -0.133. The van der Waals surface area contributed by atoms with Crippen LogP contribution in [0.1, 0.15) is 25.3 Å². The van der Waals surface area contributed by atoms with Crippen LogP contribution < -0.4 is 0 Å². The van der Waals surface area contributed by atoms with E-state index in [1.807, 2.05) is 29.8 Å². The molecule has 0 saturated carbocycles. The molecule has 3 aromatic rings. The minimum absolute atomic E-state index is 0.133. The van der Waals surface area contributed by atoms with Crippen LogP contribution in [0.4, 0.5) is 0 Å². The van der Waals surface area contributed by atoms with Gasteiger partial charge in [0.25, 0.3) is 0 Å². The first kappa shape index (κ1) is 14.4. The number of benzene rings is 1. The van der Waals surface area contributed by atoms with E-state index in [9.17, 15) is 4.79 Å². The van der Waals surface area contributed by atoms with Gasteiger partial charge in [-0.15, -0.1) is 0 Å². The third kappa shape index (κ3) is 2.88. The van der Waals surface area contributed by atoms with Gasteiger partial charge in [0.1, 0.15) is 12.1 Å². The van der Waals surface area contributed by atoms with Crippen molar-refractivity contribution < 1.29 is 9.53 Å². The summed E-state index contributed by atoms with van der Waals surface area (Å²) >= 11 is 0. The Hall–Kier alpha value is -2.56. The van der Waals surface area contributed by atoms with Gasteiger partial charge in [0.2, 0.25) is 0 Å². The lowest BCUT2D eigenvalue weighted by atomic mass is 10.1. The van der Waals surface area contributed by atoms with E-state index < -0.39 is 0 Å². The summed E-state index contributed by atoms with van der Waals surface area (Å²) in [4.78, 5) is 19.1. The van der Waals surface area contributed by atoms with E-state index in [4.69, 9.17) is 4.74 Å². The molecule has 0 unspecified atom stereocenters. The summed E-state index contributed by atoms with van der Waals surface area (Å²) in [6.45, 7) is 2.26. The Morgan fingerprint density at radius 3 is 3.00 bits per heavy atom. The lowest BCUT2D eigenvalue weighted by Gasteiger charge is -2.05. The molecule has 0 aliphatic rings. The fourth-order valence-electron chi connectivity index (χ4n) is 2.69. The van der Waals surface area contributed by atoms with Crippen LogP contribution in [0.15, 0.2) is 43.0 Å². The molecule has 3 rings (SSSR count). The van der Waals surface area contributed by atoms with Crippen LogP contribution in [0.3, 0.4) is 0 Å². The first-order valence-corrected chi connectivity index (χ1v) is 7.53. The number of hydrogen-bond acceptors (Lipinski definition) is 3. The first-order chi connectivity index (χ1) is 10.8. The Labute approximate surface area is 128 Å². The Kier molecular flexibility index (Phi) is 4.23. The highest BCUT2D eigenvalue weighted by Crippen LogP contribution is 2.26. The Balaban J connectivity index is 1.86. The standard InChI is InChI=1S/C17H19N3O2/c1-2-22-16(21)9-5-7-14-13-6-3-4-8-15(13)19-17(14)20-11-10-18-12-20/h3-4,6,8,10-12,19H,2,5,7,9H2,1H3. The fourth-order valence-corrected chi connectivity index (χ4v) is 2.69. The average molecular weight is 297 g/mol. The van der Waals surface area contributed by atoms with E-state index in [2.05, 4.69) is 22.1 Å². The quantitative estimate of drug-likeness (QED) is 0.711. The monoisotopic (exact) mass is 297 g/mol. The molecule has 0 radical (unpaired) electrons. The molecule has 0 saturated heterocycles. The third-order valence-corrected chi connectivity index (χ3v) is 3.67. The number of esters is 1. The molecule has 1 N–H and O–H groups in total. The number of fused-ring (bicyclic) bond motifs is 1. The van der Waals surface area contributed by atoms with E-state index in [-0.39, 0.29) is 5.97 Å². The van der Waals surface area contributed by atoms with E-state index in [1.54, 1.807) is 12.5 Å². The van der Waals surface area contributed by atoms with Crippen LogP contribution >= 0.6 is 0 Å². The molecule has 2 aromatic heterocycles. The van der Waals surface area contributed by atoms with Crippen molar-refractivity contribution in [3.63, 3.8) is 0 Å². The van der Waals surface area contributed by atoms with Gasteiger partial charge in [0.05, 0.1) is 6.61 Å². The first-order valence-electron chi connectivity index (χ1n) is 7.53. The molecule has 0 amide bonds. The topological polar surface area (TPSA) is 59.9 Å². The normalized spacial score (nSPS) is 11.0. The molecule has 5 heteroatoms. The highest BCUT2D eigenvalue weighted by atomic mass is 16.5. The summed E-state index contributed by atoms with van der Waals surface area (Å²) in [5.74, 6) is 0.883. The Morgan fingerprint density at radius 1 is 1.36 bits per heavy atom. The number of rotatable bonds is 6. The number of aromatic amines is 1. The van der Waals surface area contributed by atoms with Crippen molar-refractivity contribution in [1.82, 2.24) is 14.5 Å². The molecule has 0 aliphatic carbocycles. The molecule has 22 heavy (non-hydrogen) atoms. The van der Waals surface area contributed by atoms with Crippen LogP contribution in [0.2, 0.25) is 0 Å². The van der Waals surface area contributed by atoms with Gasteiger partial charge in [0, 0.05) is 35.3 Å². The van der Waals surface area contributed by atoms with Crippen LogP contribution in [-0.4, -0.2) is 27.1 Å². The largest absolute Gasteiger partial charge is 0.466 e. The molecule has 5 nitrogen and oxygen atoms in total. The fraction of sp³-hybridized carbons (Fsp3) is 0.294. The Morgan fingerprint density at radius 2 is 2.23 bits per heavy atom. The molecular formula is C17H19N3O2. The van der Waals surface area contributed by atoms with Crippen LogP contribution in [0.25, 0.3) is 16.7 Å². The number of aromatic nitrogens is 3. The molecule has 0 bridgehead atoms. The predicted molar refractivity (Wildman–Crippen MR) is 85.0 cm³/mol. The average Bonchev–Trinajstić information content (AvgIpc) is 3.15. The highest BCUT2D eigenvalue weighted by molar-refractivity contribution is 5.86. The number of nitrogens with one attached hydrogen (secondary N) is 1. The van der Waals surface area contributed by atoms with E-state index in [1.165, 1.54) is 10.9 Å². The van der Waals surface area contributed by atoms with Crippen molar-refractivity contribution in [2.75, 3.05) is 6.61 Å². The second kappa shape index (κ2) is 6.47. The van der Waals surface area contributed by atoms with Gasteiger partial charge >= 0.3 is 5.97 Å². The molecular weight excluding hydrogens is 278 g/mol. The lowest BCUT2D eigenvalue weighted by Crippen LogP contribution is -2.04.